The predicted octanol–water partition coefficient (Wildman–Crippen LogP) is 2.38. The van der Waals surface area contributed by atoms with Crippen molar-refractivity contribution in [1.29, 1.82) is 0 Å². The van der Waals surface area contributed by atoms with Crippen LogP contribution in [0.5, 0.6) is 0 Å². The second-order valence-electron chi connectivity index (χ2n) is 11.0. The van der Waals surface area contributed by atoms with Gasteiger partial charge in [-0.25, -0.2) is 4.79 Å². The lowest BCUT2D eigenvalue weighted by molar-refractivity contribution is -0.136. The third-order valence-corrected chi connectivity index (χ3v) is 10.5. The van der Waals surface area contributed by atoms with Crippen molar-refractivity contribution in [2.45, 2.75) is 75.5 Å². The Kier molecular flexibility index (Phi) is 2.03. The Bertz CT molecular complexity index is 887. The molecular formula is C22H26O5. The first-order chi connectivity index (χ1) is 12.9. The van der Waals surface area contributed by atoms with E-state index in [0.29, 0.717) is 30.5 Å². The van der Waals surface area contributed by atoms with Crippen molar-refractivity contribution in [3.05, 3.63) is 11.1 Å². The standard InChI is InChI=1S/C22H26O5/c1-10(2)21-16(27-21)14-7-19(14)18(3)5-4-11-12(8-24-17(11)23)13(18)6-15-22(19,26-15)20(21)9-25-20/h10,13-16H,4-9H2,1-3H3/t13-,14-,15-,16-,18-,19-,20+,21-,22-/m0/s1. The summed E-state index contributed by atoms with van der Waals surface area (Å²) in [5.41, 5.74) is 2.10. The van der Waals surface area contributed by atoms with Crippen LogP contribution in [0.4, 0.5) is 0 Å². The molecule has 0 amide bonds. The fourth-order valence-corrected chi connectivity index (χ4v) is 9.41. The Labute approximate surface area is 158 Å². The Hall–Kier alpha value is -0.910. The molecule has 4 aliphatic carbocycles. The minimum absolute atomic E-state index is 0.0690. The quantitative estimate of drug-likeness (QED) is 0.524. The number of cyclic esters (lactones) is 1. The lowest BCUT2D eigenvalue weighted by atomic mass is 9.44. The molecule has 9 atom stereocenters. The van der Waals surface area contributed by atoms with Gasteiger partial charge in [-0.05, 0) is 54.4 Å². The van der Waals surface area contributed by atoms with Crippen LogP contribution in [-0.2, 0) is 23.7 Å². The maximum Gasteiger partial charge on any atom is 0.334 e. The minimum Gasteiger partial charge on any atom is -0.458 e. The number of carbonyl (C=O) groups is 1. The molecule has 3 saturated heterocycles. The van der Waals surface area contributed by atoms with E-state index < -0.39 is 0 Å². The summed E-state index contributed by atoms with van der Waals surface area (Å²) in [4.78, 5) is 12.2. The molecule has 4 heterocycles. The summed E-state index contributed by atoms with van der Waals surface area (Å²) in [6, 6.07) is 0. The van der Waals surface area contributed by atoms with Crippen molar-refractivity contribution in [2.75, 3.05) is 13.2 Å². The van der Waals surface area contributed by atoms with Gasteiger partial charge in [-0.15, -0.1) is 0 Å². The van der Waals surface area contributed by atoms with Gasteiger partial charge in [-0.1, -0.05) is 20.8 Å². The second-order valence-corrected chi connectivity index (χ2v) is 11.0. The van der Waals surface area contributed by atoms with Crippen LogP contribution in [0.25, 0.3) is 0 Å². The molecule has 3 spiro atoms. The van der Waals surface area contributed by atoms with E-state index in [1.54, 1.807) is 0 Å². The maximum absolute atomic E-state index is 12.2. The van der Waals surface area contributed by atoms with Crippen molar-refractivity contribution in [2.24, 2.45) is 28.6 Å². The van der Waals surface area contributed by atoms with Crippen LogP contribution in [0, 0.1) is 28.6 Å². The molecule has 4 aliphatic heterocycles. The zero-order chi connectivity index (χ0) is 18.2. The van der Waals surface area contributed by atoms with Crippen LogP contribution in [0.3, 0.4) is 0 Å². The number of esters is 1. The molecule has 6 fully saturated rings. The molecule has 5 heteroatoms. The second kappa shape index (κ2) is 3.66. The molecule has 8 aliphatic rings. The number of epoxide rings is 3. The summed E-state index contributed by atoms with van der Waals surface area (Å²) in [7, 11) is 0. The minimum atomic E-state index is -0.221. The zero-order valence-corrected chi connectivity index (χ0v) is 16.2. The summed E-state index contributed by atoms with van der Waals surface area (Å²) in [6.45, 7) is 8.37. The largest absolute Gasteiger partial charge is 0.458 e. The molecule has 0 aromatic carbocycles. The van der Waals surface area contributed by atoms with Crippen LogP contribution < -0.4 is 0 Å². The van der Waals surface area contributed by atoms with Crippen molar-refractivity contribution in [3.8, 4) is 0 Å². The first-order valence-electron chi connectivity index (χ1n) is 10.8. The van der Waals surface area contributed by atoms with Crippen LogP contribution in [0.1, 0.15) is 46.5 Å². The van der Waals surface area contributed by atoms with Gasteiger partial charge in [0.25, 0.3) is 0 Å². The van der Waals surface area contributed by atoms with Crippen LogP contribution >= 0.6 is 0 Å². The maximum atomic E-state index is 12.2. The highest BCUT2D eigenvalue weighted by atomic mass is 16.7. The highest BCUT2D eigenvalue weighted by Gasteiger charge is 3.05. The van der Waals surface area contributed by atoms with E-state index in [2.05, 4.69) is 20.8 Å². The summed E-state index contributed by atoms with van der Waals surface area (Å²) in [6.07, 6.45) is 4.75. The fraction of sp³-hybridized carbons (Fsp3) is 0.864. The molecule has 0 aromatic heterocycles. The van der Waals surface area contributed by atoms with Crippen molar-refractivity contribution in [3.63, 3.8) is 0 Å². The first-order valence-corrected chi connectivity index (χ1v) is 10.8. The van der Waals surface area contributed by atoms with E-state index in [9.17, 15) is 4.79 Å². The number of carbonyl (C=O) groups excluding carboxylic acids is 1. The van der Waals surface area contributed by atoms with E-state index in [0.717, 1.165) is 31.4 Å². The van der Waals surface area contributed by atoms with Crippen LogP contribution in [0.2, 0.25) is 0 Å². The number of fused-ring (bicyclic) bond motifs is 5. The molecule has 27 heavy (non-hydrogen) atoms. The van der Waals surface area contributed by atoms with E-state index in [4.69, 9.17) is 18.9 Å². The van der Waals surface area contributed by atoms with Gasteiger partial charge in [0, 0.05) is 11.0 Å². The SMILES string of the molecule is CC(C)[C@]12O[C@H]1[C@@H]1C[C@]13[C@]1(O[C@H]1C[C@H]1C4=C(CC[C@@]13C)C(=O)OC4)[C@@]21CO1. The lowest BCUT2D eigenvalue weighted by Gasteiger charge is -2.56. The van der Waals surface area contributed by atoms with Crippen LogP contribution in [0.15, 0.2) is 11.1 Å². The van der Waals surface area contributed by atoms with Crippen molar-refractivity contribution >= 4 is 5.97 Å². The topological polar surface area (TPSA) is 63.9 Å². The zero-order valence-electron chi connectivity index (χ0n) is 16.2. The van der Waals surface area contributed by atoms with Gasteiger partial charge in [0.05, 0.1) is 18.8 Å². The lowest BCUT2D eigenvalue weighted by Crippen LogP contribution is -2.67. The molecule has 0 N–H and O–H groups in total. The average molecular weight is 370 g/mol. The Balaban J connectivity index is 1.33. The molecule has 144 valence electrons. The van der Waals surface area contributed by atoms with Crippen molar-refractivity contribution < 1.29 is 23.7 Å². The van der Waals surface area contributed by atoms with E-state index in [1.807, 2.05) is 0 Å². The van der Waals surface area contributed by atoms with E-state index in [-0.39, 0.29) is 39.7 Å². The normalized spacial score (nSPS) is 65.6. The number of ether oxygens (including phenoxy) is 4. The third kappa shape index (κ3) is 1.10. The molecule has 0 bridgehead atoms. The van der Waals surface area contributed by atoms with E-state index in [1.165, 1.54) is 12.0 Å². The van der Waals surface area contributed by atoms with Gasteiger partial charge < -0.3 is 18.9 Å². The van der Waals surface area contributed by atoms with Crippen LogP contribution in [-0.4, -0.2) is 48.2 Å². The monoisotopic (exact) mass is 370 g/mol. The Morgan fingerprint density at radius 1 is 1.22 bits per heavy atom. The van der Waals surface area contributed by atoms with E-state index >= 15 is 0 Å². The average Bonchev–Trinajstić information content (AvgIpc) is 3.43. The Morgan fingerprint density at radius 2 is 2.04 bits per heavy atom. The molecule has 0 unspecified atom stereocenters. The highest BCUT2D eigenvalue weighted by Crippen LogP contribution is 2.93. The summed E-state index contributed by atoms with van der Waals surface area (Å²) < 4.78 is 25.1. The molecule has 0 radical (unpaired) electrons. The predicted molar refractivity (Wildman–Crippen MR) is 92.7 cm³/mol. The smallest absolute Gasteiger partial charge is 0.334 e. The van der Waals surface area contributed by atoms with Gasteiger partial charge in [-0.3, -0.25) is 0 Å². The Morgan fingerprint density at radius 3 is 2.78 bits per heavy atom. The summed E-state index contributed by atoms with van der Waals surface area (Å²) >= 11 is 0. The molecular weight excluding hydrogens is 344 g/mol. The van der Waals surface area contributed by atoms with Gasteiger partial charge in [0.1, 0.15) is 17.8 Å². The van der Waals surface area contributed by atoms with Gasteiger partial charge in [0.2, 0.25) is 0 Å². The molecule has 3 saturated carbocycles. The highest BCUT2D eigenvalue weighted by molar-refractivity contribution is 5.92. The first kappa shape index (κ1) is 15.0. The summed E-state index contributed by atoms with van der Waals surface area (Å²) in [5, 5.41) is 0. The summed E-state index contributed by atoms with van der Waals surface area (Å²) in [5.74, 6) is 1.39. The third-order valence-electron chi connectivity index (χ3n) is 10.5. The van der Waals surface area contributed by atoms with Crippen molar-refractivity contribution in [1.82, 2.24) is 0 Å². The molecule has 5 nitrogen and oxygen atoms in total. The molecule has 0 aromatic rings. The van der Waals surface area contributed by atoms with Gasteiger partial charge in [-0.2, -0.15) is 0 Å². The fourth-order valence-electron chi connectivity index (χ4n) is 9.41. The van der Waals surface area contributed by atoms with Gasteiger partial charge in [0.15, 0.2) is 5.60 Å². The molecule has 8 rings (SSSR count). The number of hydrogen-bond acceptors (Lipinski definition) is 5. The number of rotatable bonds is 1. The number of hydrogen-bond donors (Lipinski definition) is 0. The van der Waals surface area contributed by atoms with Gasteiger partial charge >= 0.3 is 5.97 Å².